The van der Waals surface area contributed by atoms with Gasteiger partial charge in [-0.2, -0.15) is 0 Å². The third kappa shape index (κ3) is 5.33. The molecule has 0 saturated carbocycles. The molecule has 0 spiro atoms. The Hall–Kier alpha value is -0.850. The van der Waals surface area contributed by atoms with E-state index in [9.17, 15) is 9.59 Å². The zero-order valence-electron chi connectivity index (χ0n) is 16.3. The van der Waals surface area contributed by atoms with Crippen LogP contribution >= 0.6 is 12.4 Å². The molecule has 0 aromatic heterocycles. The van der Waals surface area contributed by atoms with Gasteiger partial charge in [0.2, 0.25) is 11.8 Å². The van der Waals surface area contributed by atoms with Crippen molar-refractivity contribution in [1.29, 1.82) is 0 Å². The predicted molar refractivity (Wildman–Crippen MR) is 105 cm³/mol. The summed E-state index contributed by atoms with van der Waals surface area (Å²) in [6.45, 7) is 11.1. The zero-order valence-corrected chi connectivity index (χ0v) is 17.1. The summed E-state index contributed by atoms with van der Waals surface area (Å²) >= 11 is 0. The number of piperazine rings is 1. The monoisotopic (exact) mass is 386 g/mol. The van der Waals surface area contributed by atoms with Crippen LogP contribution in [0.4, 0.5) is 0 Å². The number of piperidine rings is 2. The molecule has 0 bridgehead atoms. The average molecular weight is 387 g/mol. The van der Waals surface area contributed by atoms with Crippen LogP contribution in [0.15, 0.2) is 0 Å². The maximum absolute atomic E-state index is 12.7. The van der Waals surface area contributed by atoms with Crippen molar-refractivity contribution in [2.24, 2.45) is 11.8 Å². The second-order valence-corrected chi connectivity index (χ2v) is 8.21. The number of carbonyl (C=O) groups is 2. The number of likely N-dealkylation sites (tertiary alicyclic amines) is 2. The van der Waals surface area contributed by atoms with Gasteiger partial charge in [-0.3, -0.25) is 14.5 Å². The number of nitrogens with one attached hydrogen (secondary N) is 1. The lowest BCUT2D eigenvalue weighted by molar-refractivity contribution is -0.142. The van der Waals surface area contributed by atoms with E-state index in [0.717, 1.165) is 65.1 Å². The lowest BCUT2D eigenvalue weighted by atomic mass is 9.92. The minimum atomic E-state index is 0. The Bertz CT molecular complexity index is 482. The first-order chi connectivity index (χ1) is 12.0. The van der Waals surface area contributed by atoms with E-state index in [1.807, 2.05) is 4.90 Å². The molecule has 3 saturated heterocycles. The van der Waals surface area contributed by atoms with Gasteiger partial charge in [0, 0.05) is 57.8 Å². The van der Waals surface area contributed by atoms with Crippen molar-refractivity contribution < 1.29 is 9.59 Å². The van der Waals surface area contributed by atoms with Crippen LogP contribution < -0.4 is 5.32 Å². The van der Waals surface area contributed by atoms with Gasteiger partial charge in [0.1, 0.15) is 0 Å². The van der Waals surface area contributed by atoms with Crippen molar-refractivity contribution in [2.75, 3.05) is 52.4 Å². The van der Waals surface area contributed by atoms with E-state index in [1.165, 1.54) is 6.42 Å². The molecule has 1 N–H and O–H groups in total. The van der Waals surface area contributed by atoms with Crippen molar-refractivity contribution >= 4 is 24.2 Å². The first-order valence-electron chi connectivity index (χ1n) is 10.1. The van der Waals surface area contributed by atoms with E-state index < -0.39 is 0 Å². The molecule has 2 amide bonds. The Balaban J connectivity index is 0.00000243. The molecule has 3 heterocycles. The van der Waals surface area contributed by atoms with Gasteiger partial charge in [-0.05, 0) is 38.5 Å². The molecule has 26 heavy (non-hydrogen) atoms. The molecular formula is C19H35ClN4O2. The highest BCUT2D eigenvalue weighted by molar-refractivity contribution is 5.85. The van der Waals surface area contributed by atoms with Crippen LogP contribution in [0.25, 0.3) is 0 Å². The van der Waals surface area contributed by atoms with Gasteiger partial charge < -0.3 is 15.1 Å². The second kappa shape index (κ2) is 9.90. The van der Waals surface area contributed by atoms with Crippen molar-refractivity contribution in [2.45, 2.75) is 45.6 Å². The Morgan fingerprint density at radius 1 is 1.00 bits per heavy atom. The maximum atomic E-state index is 12.7. The van der Waals surface area contributed by atoms with E-state index >= 15 is 0 Å². The molecule has 2 atom stereocenters. The summed E-state index contributed by atoms with van der Waals surface area (Å²) in [4.78, 5) is 31.7. The van der Waals surface area contributed by atoms with Crippen LogP contribution in [0.2, 0.25) is 0 Å². The number of nitrogens with zero attached hydrogens (tertiary/aromatic N) is 3. The number of carbonyl (C=O) groups excluding carboxylic acids is 2. The highest BCUT2D eigenvalue weighted by Crippen LogP contribution is 2.23. The van der Waals surface area contributed by atoms with Gasteiger partial charge in [-0.1, -0.05) is 6.92 Å². The predicted octanol–water partition coefficient (Wildman–Crippen LogP) is 1.20. The molecule has 0 aromatic carbocycles. The van der Waals surface area contributed by atoms with Crippen molar-refractivity contribution in [3.8, 4) is 0 Å². The second-order valence-electron chi connectivity index (χ2n) is 8.21. The minimum absolute atomic E-state index is 0. The Morgan fingerprint density at radius 3 is 2.38 bits per heavy atom. The third-order valence-corrected chi connectivity index (χ3v) is 6.14. The standard InChI is InChI=1S/C19H34N4O2.ClH/c1-15-4-3-8-23(13-15)19(25)17-5-9-21(10-6-17)18(24)14-22-11-7-20-12-16(22)2;/h15-17,20H,3-14H2,1-2H3;1H/t15?,16-;/m1./s1. The molecule has 1 unspecified atom stereocenters. The zero-order chi connectivity index (χ0) is 17.8. The number of hydrogen-bond acceptors (Lipinski definition) is 4. The van der Waals surface area contributed by atoms with Gasteiger partial charge in [-0.25, -0.2) is 0 Å². The molecule has 3 aliphatic rings. The molecule has 0 aromatic rings. The summed E-state index contributed by atoms with van der Waals surface area (Å²) in [5.41, 5.74) is 0. The van der Waals surface area contributed by atoms with E-state index in [-0.39, 0.29) is 24.2 Å². The molecule has 0 radical (unpaired) electrons. The maximum Gasteiger partial charge on any atom is 0.236 e. The van der Waals surface area contributed by atoms with Gasteiger partial charge in [-0.15, -0.1) is 12.4 Å². The average Bonchev–Trinajstić information content (AvgIpc) is 2.63. The fraction of sp³-hybridized carbons (Fsp3) is 0.895. The third-order valence-electron chi connectivity index (χ3n) is 6.14. The van der Waals surface area contributed by atoms with Crippen molar-refractivity contribution in [3.05, 3.63) is 0 Å². The smallest absolute Gasteiger partial charge is 0.236 e. The summed E-state index contributed by atoms with van der Waals surface area (Å²) in [5, 5.41) is 3.36. The molecular weight excluding hydrogens is 352 g/mol. The molecule has 7 heteroatoms. The van der Waals surface area contributed by atoms with Gasteiger partial charge in [0.05, 0.1) is 6.54 Å². The Morgan fingerprint density at radius 2 is 1.73 bits per heavy atom. The van der Waals surface area contributed by atoms with Crippen LogP contribution in [-0.2, 0) is 9.59 Å². The quantitative estimate of drug-likeness (QED) is 0.791. The van der Waals surface area contributed by atoms with Gasteiger partial charge in [0.15, 0.2) is 0 Å². The van der Waals surface area contributed by atoms with Crippen molar-refractivity contribution in [3.63, 3.8) is 0 Å². The molecule has 3 aliphatic heterocycles. The summed E-state index contributed by atoms with van der Waals surface area (Å²) in [6.07, 6.45) is 4.02. The van der Waals surface area contributed by atoms with E-state index in [1.54, 1.807) is 0 Å². The van der Waals surface area contributed by atoms with Crippen molar-refractivity contribution in [1.82, 2.24) is 20.0 Å². The van der Waals surface area contributed by atoms with Crippen LogP contribution in [0.3, 0.4) is 0 Å². The summed E-state index contributed by atoms with van der Waals surface area (Å²) in [5.74, 6) is 1.30. The van der Waals surface area contributed by atoms with Gasteiger partial charge >= 0.3 is 0 Å². The number of hydrogen-bond donors (Lipinski definition) is 1. The number of rotatable bonds is 3. The Kier molecular flexibility index (Phi) is 8.17. The molecule has 150 valence electrons. The largest absolute Gasteiger partial charge is 0.342 e. The highest BCUT2D eigenvalue weighted by atomic mass is 35.5. The fourth-order valence-corrected chi connectivity index (χ4v) is 4.42. The number of halogens is 1. The minimum Gasteiger partial charge on any atom is -0.342 e. The van der Waals surface area contributed by atoms with Crippen LogP contribution in [0.1, 0.15) is 39.5 Å². The lowest BCUT2D eigenvalue weighted by Crippen LogP contribution is -2.54. The molecule has 6 nitrogen and oxygen atoms in total. The van der Waals surface area contributed by atoms with E-state index in [4.69, 9.17) is 0 Å². The van der Waals surface area contributed by atoms with Crippen LogP contribution in [0.5, 0.6) is 0 Å². The number of amides is 2. The normalized spacial score (nSPS) is 28.5. The van der Waals surface area contributed by atoms with Crippen LogP contribution in [-0.4, -0.2) is 84.9 Å². The van der Waals surface area contributed by atoms with E-state index in [2.05, 4.69) is 29.0 Å². The van der Waals surface area contributed by atoms with Gasteiger partial charge in [0.25, 0.3) is 0 Å². The first-order valence-corrected chi connectivity index (χ1v) is 10.1. The summed E-state index contributed by atoms with van der Waals surface area (Å²) in [6, 6.07) is 0.415. The molecule has 3 fully saturated rings. The van der Waals surface area contributed by atoms with Crippen LogP contribution in [0, 0.1) is 11.8 Å². The lowest BCUT2D eigenvalue weighted by Gasteiger charge is -2.38. The Labute approximate surface area is 164 Å². The summed E-state index contributed by atoms with van der Waals surface area (Å²) in [7, 11) is 0. The molecule has 3 rings (SSSR count). The summed E-state index contributed by atoms with van der Waals surface area (Å²) < 4.78 is 0. The molecule has 0 aliphatic carbocycles. The fourth-order valence-electron chi connectivity index (χ4n) is 4.42. The highest BCUT2D eigenvalue weighted by Gasteiger charge is 2.32. The SMILES string of the molecule is CC1CCCN(C(=O)C2CCN(C(=O)CN3CCNC[C@H]3C)CC2)C1.Cl. The van der Waals surface area contributed by atoms with E-state index in [0.29, 0.717) is 24.4 Å². The first kappa shape index (κ1) is 21.5. The topological polar surface area (TPSA) is 55.9 Å².